The number of hydrogen-bond donors (Lipinski definition) is 2. The molecule has 0 radical (unpaired) electrons. The van der Waals surface area contributed by atoms with Crippen molar-refractivity contribution in [2.24, 2.45) is 0 Å². The molecule has 2 rings (SSSR count). The van der Waals surface area contributed by atoms with Crippen molar-refractivity contribution in [1.82, 2.24) is 10.3 Å². The Bertz CT molecular complexity index is 666. The van der Waals surface area contributed by atoms with Crippen LogP contribution in [0.5, 0.6) is 0 Å². The van der Waals surface area contributed by atoms with E-state index in [1.54, 1.807) is 25.3 Å². The van der Waals surface area contributed by atoms with Crippen molar-refractivity contribution in [3.63, 3.8) is 0 Å². The number of rotatable bonds is 4. The van der Waals surface area contributed by atoms with Gasteiger partial charge in [-0.3, -0.25) is 4.79 Å². The summed E-state index contributed by atoms with van der Waals surface area (Å²) in [5.41, 5.74) is 0.492. The number of carbonyl (C=O) groups is 2. The fourth-order valence-electron chi connectivity index (χ4n) is 1.66. The Kier molecular flexibility index (Phi) is 4.19. The van der Waals surface area contributed by atoms with Gasteiger partial charge in [-0.15, -0.1) is 0 Å². The highest BCUT2D eigenvalue weighted by molar-refractivity contribution is 9.10. The molecule has 0 aliphatic rings. The molecule has 2 aromatic rings. The molecule has 2 heterocycles. The standard InChI is InChI=1S/C13H11BrN2O4/c1-7-10(13(18)19)5-8(20-7)6-16-12(17)9-3-2-4-15-11(9)14/h2-5H,6H2,1H3,(H,16,17)(H,18,19). The van der Waals surface area contributed by atoms with Gasteiger partial charge in [-0.25, -0.2) is 9.78 Å². The van der Waals surface area contributed by atoms with Gasteiger partial charge in [0.15, 0.2) is 0 Å². The number of carboxylic acids is 1. The summed E-state index contributed by atoms with van der Waals surface area (Å²) in [6, 6.07) is 4.68. The first-order valence-corrected chi connectivity index (χ1v) is 6.49. The van der Waals surface area contributed by atoms with E-state index in [1.807, 2.05) is 0 Å². The number of carboxylic acid groups (broad SMARTS) is 1. The maximum atomic E-state index is 11.9. The Labute approximate surface area is 122 Å². The molecule has 0 aliphatic heterocycles. The number of aromatic carboxylic acids is 1. The first-order chi connectivity index (χ1) is 9.49. The van der Waals surface area contributed by atoms with E-state index in [-0.39, 0.29) is 18.0 Å². The molecule has 0 spiro atoms. The van der Waals surface area contributed by atoms with E-state index < -0.39 is 5.97 Å². The molecular weight excluding hydrogens is 328 g/mol. The molecule has 2 N–H and O–H groups in total. The van der Waals surface area contributed by atoms with E-state index >= 15 is 0 Å². The van der Waals surface area contributed by atoms with Gasteiger partial charge in [-0.05, 0) is 41.1 Å². The molecular formula is C13H11BrN2O4. The van der Waals surface area contributed by atoms with E-state index in [0.29, 0.717) is 21.7 Å². The first-order valence-electron chi connectivity index (χ1n) is 5.70. The highest BCUT2D eigenvalue weighted by Crippen LogP contribution is 2.15. The number of nitrogens with one attached hydrogen (secondary N) is 1. The Morgan fingerprint density at radius 2 is 2.20 bits per heavy atom. The number of furan rings is 1. The maximum absolute atomic E-state index is 11.9. The minimum Gasteiger partial charge on any atom is -0.478 e. The zero-order valence-corrected chi connectivity index (χ0v) is 12.1. The van der Waals surface area contributed by atoms with E-state index in [9.17, 15) is 9.59 Å². The molecule has 0 unspecified atom stereocenters. The topological polar surface area (TPSA) is 92.4 Å². The lowest BCUT2D eigenvalue weighted by atomic mass is 10.2. The number of amides is 1. The molecule has 6 nitrogen and oxygen atoms in total. The second kappa shape index (κ2) is 5.87. The molecule has 0 atom stereocenters. The number of nitrogens with zero attached hydrogens (tertiary/aromatic N) is 1. The predicted octanol–water partition coefficient (Wildman–Crippen LogP) is 2.37. The van der Waals surface area contributed by atoms with Gasteiger partial charge in [0.25, 0.3) is 5.91 Å². The first kappa shape index (κ1) is 14.3. The summed E-state index contributed by atoms with van der Waals surface area (Å²) in [7, 11) is 0. The van der Waals surface area contributed by atoms with Crippen LogP contribution >= 0.6 is 15.9 Å². The van der Waals surface area contributed by atoms with Crippen LogP contribution in [0.15, 0.2) is 33.4 Å². The third-order valence-corrected chi connectivity index (χ3v) is 3.26. The molecule has 104 valence electrons. The van der Waals surface area contributed by atoms with Crippen molar-refractivity contribution >= 4 is 27.8 Å². The molecule has 0 bridgehead atoms. The smallest absolute Gasteiger partial charge is 0.339 e. The monoisotopic (exact) mass is 338 g/mol. The van der Waals surface area contributed by atoms with Gasteiger partial charge >= 0.3 is 5.97 Å². The van der Waals surface area contributed by atoms with Crippen LogP contribution in [0.3, 0.4) is 0 Å². The normalized spacial score (nSPS) is 10.3. The lowest BCUT2D eigenvalue weighted by Crippen LogP contribution is -2.23. The van der Waals surface area contributed by atoms with Crippen LogP contribution in [0, 0.1) is 6.92 Å². The number of aromatic nitrogens is 1. The second-order valence-corrected chi connectivity index (χ2v) is 4.76. The molecule has 2 aromatic heterocycles. The molecule has 0 aromatic carbocycles. The average molecular weight is 339 g/mol. The van der Waals surface area contributed by atoms with E-state index in [4.69, 9.17) is 9.52 Å². The zero-order valence-electron chi connectivity index (χ0n) is 10.5. The summed E-state index contributed by atoms with van der Waals surface area (Å²) >= 11 is 3.18. The number of pyridine rings is 1. The Hall–Kier alpha value is -2.15. The van der Waals surface area contributed by atoms with Crippen LogP contribution in [0.4, 0.5) is 0 Å². The minimum absolute atomic E-state index is 0.0943. The van der Waals surface area contributed by atoms with Crippen molar-refractivity contribution in [1.29, 1.82) is 0 Å². The highest BCUT2D eigenvalue weighted by Gasteiger charge is 2.15. The molecule has 7 heteroatoms. The number of hydrogen-bond acceptors (Lipinski definition) is 4. The van der Waals surface area contributed by atoms with Gasteiger partial charge in [0.05, 0.1) is 12.1 Å². The van der Waals surface area contributed by atoms with Crippen molar-refractivity contribution in [3.8, 4) is 0 Å². The summed E-state index contributed by atoms with van der Waals surface area (Å²) in [6.07, 6.45) is 1.57. The summed E-state index contributed by atoms with van der Waals surface area (Å²) < 4.78 is 5.71. The van der Waals surface area contributed by atoms with Crippen LogP contribution < -0.4 is 5.32 Å². The summed E-state index contributed by atoms with van der Waals surface area (Å²) in [6.45, 7) is 1.67. The largest absolute Gasteiger partial charge is 0.478 e. The van der Waals surface area contributed by atoms with Crippen LogP contribution in [0.25, 0.3) is 0 Å². The Morgan fingerprint density at radius 1 is 1.45 bits per heavy atom. The van der Waals surface area contributed by atoms with Crippen molar-refractivity contribution in [2.75, 3.05) is 0 Å². The molecule has 0 saturated heterocycles. The molecule has 0 fully saturated rings. The molecule has 0 aliphatic carbocycles. The van der Waals surface area contributed by atoms with Crippen LogP contribution in [0.2, 0.25) is 0 Å². The molecule has 0 saturated carbocycles. The summed E-state index contributed by atoms with van der Waals surface area (Å²) in [5.74, 6) is -0.688. The maximum Gasteiger partial charge on any atom is 0.339 e. The second-order valence-electron chi connectivity index (χ2n) is 4.01. The molecule has 20 heavy (non-hydrogen) atoms. The summed E-state index contributed by atoms with van der Waals surface area (Å²) in [5, 5.41) is 11.5. The van der Waals surface area contributed by atoms with Gasteiger partial charge in [0, 0.05) is 6.20 Å². The van der Waals surface area contributed by atoms with E-state index in [1.165, 1.54) is 6.07 Å². The Balaban J connectivity index is 2.06. The van der Waals surface area contributed by atoms with Crippen molar-refractivity contribution in [2.45, 2.75) is 13.5 Å². The van der Waals surface area contributed by atoms with E-state index in [0.717, 1.165) is 0 Å². The SMILES string of the molecule is Cc1oc(CNC(=O)c2cccnc2Br)cc1C(=O)O. The lowest BCUT2D eigenvalue weighted by molar-refractivity contribution is 0.0694. The number of halogens is 1. The van der Waals surface area contributed by atoms with Crippen LogP contribution in [0.1, 0.15) is 32.2 Å². The third-order valence-electron chi connectivity index (χ3n) is 2.63. The van der Waals surface area contributed by atoms with Gasteiger partial charge < -0.3 is 14.8 Å². The van der Waals surface area contributed by atoms with Gasteiger partial charge in [0.2, 0.25) is 0 Å². The fourth-order valence-corrected chi connectivity index (χ4v) is 2.09. The van der Waals surface area contributed by atoms with Crippen molar-refractivity contribution < 1.29 is 19.1 Å². The Morgan fingerprint density at radius 3 is 2.80 bits per heavy atom. The van der Waals surface area contributed by atoms with Gasteiger partial charge in [-0.2, -0.15) is 0 Å². The van der Waals surface area contributed by atoms with Crippen LogP contribution in [-0.4, -0.2) is 22.0 Å². The number of carbonyl (C=O) groups excluding carboxylic acids is 1. The van der Waals surface area contributed by atoms with E-state index in [2.05, 4.69) is 26.2 Å². The average Bonchev–Trinajstić information content (AvgIpc) is 2.78. The minimum atomic E-state index is -1.06. The quantitative estimate of drug-likeness (QED) is 0.835. The summed E-state index contributed by atoms with van der Waals surface area (Å²) in [4.78, 5) is 26.8. The predicted molar refractivity (Wildman–Crippen MR) is 73.5 cm³/mol. The third kappa shape index (κ3) is 3.05. The van der Waals surface area contributed by atoms with Crippen molar-refractivity contribution in [3.05, 3.63) is 51.6 Å². The van der Waals surface area contributed by atoms with Gasteiger partial charge in [0.1, 0.15) is 21.7 Å². The molecule has 1 amide bonds. The van der Waals surface area contributed by atoms with Gasteiger partial charge in [-0.1, -0.05) is 0 Å². The fraction of sp³-hybridized carbons (Fsp3) is 0.154. The van der Waals surface area contributed by atoms with Crippen LogP contribution in [-0.2, 0) is 6.54 Å². The zero-order chi connectivity index (χ0) is 14.7. The number of aryl methyl sites for hydroxylation is 1. The highest BCUT2D eigenvalue weighted by atomic mass is 79.9. The lowest BCUT2D eigenvalue weighted by Gasteiger charge is -2.04.